The highest BCUT2D eigenvalue weighted by atomic mass is 19.1. The van der Waals surface area contributed by atoms with Crippen LogP contribution in [0.2, 0.25) is 0 Å². The Bertz CT molecular complexity index is 1100. The van der Waals surface area contributed by atoms with Crippen LogP contribution in [0.15, 0.2) is 66.7 Å². The number of anilines is 1. The van der Waals surface area contributed by atoms with Crippen molar-refractivity contribution >= 4 is 17.5 Å². The van der Waals surface area contributed by atoms with Crippen LogP contribution in [-0.2, 0) is 17.9 Å². The number of hydrogen-bond acceptors (Lipinski definition) is 4. The lowest BCUT2D eigenvalue weighted by Gasteiger charge is -2.30. The number of amides is 2. The maximum absolute atomic E-state index is 13.2. The topological polar surface area (TPSA) is 67.9 Å². The van der Waals surface area contributed by atoms with Crippen molar-refractivity contribution in [2.24, 2.45) is 0 Å². The molecule has 0 aliphatic carbocycles. The summed E-state index contributed by atoms with van der Waals surface area (Å²) in [6.45, 7) is 0.526. The number of carbonyl (C=O) groups excluding carboxylic acids is 2. The fourth-order valence-electron chi connectivity index (χ4n) is 3.32. The molecule has 1 heterocycles. The highest BCUT2D eigenvalue weighted by molar-refractivity contribution is 6.01. The normalized spacial score (nSPS) is 12.7. The Morgan fingerprint density at radius 3 is 2.48 bits per heavy atom. The van der Waals surface area contributed by atoms with Crippen LogP contribution in [0.5, 0.6) is 11.5 Å². The van der Waals surface area contributed by atoms with E-state index < -0.39 is 0 Å². The van der Waals surface area contributed by atoms with Gasteiger partial charge in [-0.25, -0.2) is 4.39 Å². The van der Waals surface area contributed by atoms with Gasteiger partial charge in [0.1, 0.15) is 17.3 Å². The van der Waals surface area contributed by atoms with Crippen molar-refractivity contribution in [3.05, 3.63) is 89.2 Å². The third-order valence-electron chi connectivity index (χ3n) is 5.03. The number of carbonyl (C=O) groups is 2. The lowest BCUT2D eigenvalue weighted by Crippen LogP contribution is -2.38. The van der Waals surface area contributed by atoms with Crippen LogP contribution in [0.1, 0.15) is 21.5 Å². The number of fused-ring (bicyclic) bond motifs is 1. The summed E-state index contributed by atoms with van der Waals surface area (Å²) in [4.78, 5) is 26.7. The van der Waals surface area contributed by atoms with Crippen LogP contribution in [-0.4, -0.2) is 25.5 Å². The lowest BCUT2D eigenvalue weighted by atomic mass is 10.1. The first-order chi connectivity index (χ1) is 15.0. The Morgan fingerprint density at radius 2 is 1.77 bits per heavy atom. The van der Waals surface area contributed by atoms with Crippen LogP contribution in [0.3, 0.4) is 0 Å². The molecule has 0 bridgehead atoms. The number of methoxy groups -OCH3 is 1. The molecule has 3 aromatic carbocycles. The average Bonchev–Trinajstić information content (AvgIpc) is 2.80. The van der Waals surface area contributed by atoms with E-state index in [-0.39, 0.29) is 30.8 Å². The van der Waals surface area contributed by atoms with Crippen LogP contribution >= 0.6 is 0 Å². The van der Waals surface area contributed by atoms with E-state index in [0.717, 1.165) is 16.9 Å². The smallest absolute Gasteiger partial charge is 0.265 e. The number of rotatable bonds is 6. The Kier molecular flexibility index (Phi) is 5.84. The molecule has 0 saturated heterocycles. The number of benzene rings is 3. The minimum Gasteiger partial charge on any atom is -0.497 e. The van der Waals surface area contributed by atoms with Gasteiger partial charge < -0.3 is 19.7 Å². The van der Waals surface area contributed by atoms with E-state index in [4.69, 9.17) is 9.47 Å². The standard InChI is InChI=1S/C24H21FN2O4/c1-30-20-9-4-16(5-10-20)13-26-24(29)18-6-11-22-21(12-18)27(23(28)15-31-22)14-17-2-7-19(25)8-3-17/h2-12H,13-15H2,1H3,(H,26,29). The van der Waals surface area contributed by atoms with Gasteiger partial charge in [0.2, 0.25) is 0 Å². The molecule has 2 amide bonds. The Labute approximate surface area is 179 Å². The molecule has 0 radical (unpaired) electrons. The van der Waals surface area contributed by atoms with Gasteiger partial charge >= 0.3 is 0 Å². The Balaban J connectivity index is 1.51. The molecule has 3 aromatic rings. The summed E-state index contributed by atoms with van der Waals surface area (Å²) in [5.74, 6) is 0.434. The van der Waals surface area contributed by atoms with Crippen LogP contribution in [0.4, 0.5) is 10.1 Å². The summed E-state index contributed by atoms with van der Waals surface area (Å²) in [6.07, 6.45) is 0. The van der Waals surface area contributed by atoms with E-state index in [1.807, 2.05) is 24.3 Å². The quantitative estimate of drug-likeness (QED) is 0.661. The zero-order valence-corrected chi connectivity index (χ0v) is 16.9. The predicted octanol–water partition coefficient (Wildman–Crippen LogP) is 3.69. The van der Waals surface area contributed by atoms with Gasteiger partial charge in [-0.15, -0.1) is 0 Å². The number of hydrogen-bond donors (Lipinski definition) is 1. The van der Waals surface area contributed by atoms with Gasteiger partial charge in [0.05, 0.1) is 19.3 Å². The first kappa shape index (κ1) is 20.4. The first-order valence-corrected chi connectivity index (χ1v) is 9.76. The molecule has 0 atom stereocenters. The molecule has 4 rings (SSSR count). The SMILES string of the molecule is COc1ccc(CNC(=O)c2ccc3c(c2)N(Cc2ccc(F)cc2)C(=O)CO3)cc1. The van der Waals surface area contributed by atoms with Gasteiger partial charge in [0.15, 0.2) is 6.61 Å². The van der Waals surface area contributed by atoms with Crippen molar-refractivity contribution in [1.29, 1.82) is 0 Å². The van der Waals surface area contributed by atoms with Crippen molar-refractivity contribution in [3.63, 3.8) is 0 Å². The third kappa shape index (κ3) is 4.66. The Hall–Kier alpha value is -3.87. The molecular weight excluding hydrogens is 399 g/mol. The minimum absolute atomic E-state index is 0.0861. The van der Waals surface area contributed by atoms with E-state index in [1.54, 1.807) is 42.3 Å². The van der Waals surface area contributed by atoms with Crippen molar-refractivity contribution in [2.45, 2.75) is 13.1 Å². The van der Waals surface area contributed by atoms with E-state index in [2.05, 4.69) is 5.32 Å². The summed E-state index contributed by atoms with van der Waals surface area (Å²) in [5.41, 5.74) is 2.63. The molecule has 0 aromatic heterocycles. The highest BCUT2D eigenvalue weighted by Gasteiger charge is 2.26. The Morgan fingerprint density at radius 1 is 1.06 bits per heavy atom. The molecule has 6 nitrogen and oxygen atoms in total. The third-order valence-corrected chi connectivity index (χ3v) is 5.03. The summed E-state index contributed by atoms with van der Waals surface area (Å²) in [7, 11) is 1.60. The summed E-state index contributed by atoms with van der Waals surface area (Å²) in [5, 5.41) is 2.88. The van der Waals surface area contributed by atoms with Crippen LogP contribution in [0.25, 0.3) is 0 Å². The first-order valence-electron chi connectivity index (χ1n) is 9.76. The highest BCUT2D eigenvalue weighted by Crippen LogP contribution is 2.34. The zero-order valence-electron chi connectivity index (χ0n) is 16.9. The monoisotopic (exact) mass is 420 g/mol. The molecule has 7 heteroatoms. The van der Waals surface area contributed by atoms with Gasteiger partial charge in [0, 0.05) is 12.1 Å². The lowest BCUT2D eigenvalue weighted by molar-refractivity contribution is -0.121. The van der Waals surface area contributed by atoms with Gasteiger partial charge in [-0.2, -0.15) is 0 Å². The number of nitrogens with one attached hydrogen (secondary N) is 1. The number of ether oxygens (including phenoxy) is 2. The van der Waals surface area contributed by atoms with E-state index in [9.17, 15) is 14.0 Å². The molecule has 1 aliphatic heterocycles. The second kappa shape index (κ2) is 8.87. The van der Waals surface area contributed by atoms with E-state index in [0.29, 0.717) is 23.5 Å². The maximum atomic E-state index is 13.2. The van der Waals surface area contributed by atoms with Gasteiger partial charge in [0.25, 0.3) is 11.8 Å². The van der Waals surface area contributed by atoms with Gasteiger partial charge in [-0.3, -0.25) is 9.59 Å². The average molecular weight is 420 g/mol. The molecule has 0 spiro atoms. The molecule has 1 aliphatic rings. The fourth-order valence-corrected chi connectivity index (χ4v) is 3.32. The second-order valence-corrected chi connectivity index (χ2v) is 7.11. The molecule has 31 heavy (non-hydrogen) atoms. The predicted molar refractivity (Wildman–Crippen MR) is 114 cm³/mol. The molecular formula is C24H21FN2O4. The summed E-state index contributed by atoms with van der Waals surface area (Å²) < 4.78 is 23.9. The van der Waals surface area contributed by atoms with E-state index in [1.165, 1.54) is 12.1 Å². The summed E-state index contributed by atoms with van der Waals surface area (Å²) >= 11 is 0. The molecule has 0 fully saturated rings. The van der Waals surface area contributed by atoms with Crippen LogP contribution < -0.4 is 19.7 Å². The molecule has 0 unspecified atom stereocenters. The van der Waals surface area contributed by atoms with Crippen LogP contribution in [0, 0.1) is 5.82 Å². The maximum Gasteiger partial charge on any atom is 0.265 e. The minimum atomic E-state index is -0.340. The van der Waals surface area contributed by atoms with Gasteiger partial charge in [-0.05, 0) is 53.6 Å². The molecule has 0 saturated carbocycles. The number of nitrogens with zero attached hydrogens (tertiary/aromatic N) is 1. The zero-order chi connectivity index (χ0) is 21.8. The number of halogens is 1. The van der Waals surface area contributed by atoms with Crippen molar-refractivity contribution in [1.82, 2.24) is 5.32 Å². The van der Waals surface area contributed by atoms with Crippen molar-refractivity contribution in [2.75, 3.05) is 18.6 Å². The van der Waals surface area contributed by atoms with Gasteiger partial charge in [-0.1, -0.05) is 24.3 Å². The molecule has 158 valence electrons. The van der Waals surface area contributed by atoms with E-state index >= 15 is 0 Å². The van der Waals surface area contributed by atoms with Crippen molar-refractivity contribution in [3.8, 4) is 11.5 Å². The largest absolute Gasteiger partial charge is 0.497 e. The second-order valence-electron chi connectivity index (χ2n) is 7.11. The fraction of sp³-hybridized carbons (Fsp3) is 0.167. The summed E-state index contributed by atoms with van der Waals surface area (Å²) in [6, 6.07) is 18.4. The molecule has 1 N–H and O–H groups in total. The van der Waals surface area contributed by atoms with Crippen molar-refractivity contribution < 1.29 is 23.5 Å².